The molecule has 1 aliphatic rings. The van der Waals surface area contributed by atoms with Crippen molar-refractivity contribution in [2.75, 3.05) is 11.5 Å². The highest BCUT2D eigenvalue weighted by molar-refractivity contribution is 7.91. The lowest BCUT2D eigenvalue weighted by Gasteiger charge is -2.09. The molecule has 1 atom stereocenters. The zero-order valence-electron chi connectivity index (χ0n) is 9.46. The van der Waals surface area contributed by atoms with Crippen LogP contribution < -0.4 is 5.69 Å². The fraction of sp³-hybridized carbons (Fsp3) is 0.364. The van der Waals surface area contributed by atoms with Crippen molar-refractivity contribution < 1.29 is 13.5 Å². The highest BCUT2D eigenvalue weighted by Gasteiger charge is 2.31. The second-order valence-corrected chi connectivity index (χ2v) is 6.79. The predicted molar refractivity (Wildman–Crippen MR) is 66.5 cm³/mol. The third kappa shape index (κ3) is 1.71. The minimum Gasteiger partial charge on any atom is -0.508 e. The highest BCUT2D eigenvalue weighted by Crippen LogP contribution is 2.27. The molecule has 0 bridgehead atoms. The van der Waals surface area contributed by atoms with Crippen molar-refractivity contribution in [2.45, 2.75) is 12.5 Å². The molecule has 0 amide bonds. The molecule has 7 heteroatoms. The van der Waals surface area contributed by atoms with Crippen molar-refractivity contribution in [3.05, 3.63) is 28.7 Å². The summed E-state index contributed by atoms with van der Waals surface area (Å²) in [7, 11) is -3.05. The standard InChI is InChI=1S/C11H12N2O4S/c14-8-1-2-9-10(5-8)13(11(15)12-9)7-3-4-18(16,17)6-7/h1-2,5,7,14H,3-4,6H2,(H,12,15). The largest absolute Gasteiger partial charge is 0.508 e. The number of aromatic hydroxyl groups is 1. The Morgan fingerprint density at radius 3 is 2.83 bits per heavy atom. The summed E-state index contributed by atoms with van der Waals surface area (Å²) < 4.78 is 24.4. The van der Waals surface area contributed by atoms with Crippen molar-refractivity contribution in [1.82, 2.24) is 9.55 Å². The zero-order valence-corrected chi connectivity index (χ0v) is 10.3. The van der Waals surface area contributed by atoms with Crippen molar-refractivity contribution >= 4 is 20.9 Å². The Bertz CT molecular complexity index is 772. The van der Waals surface area contributed by atoms with E-state index in [0.717, 1.165) is 0 Å². The Morgan fingerprint density at radius 1 is 1.39 bits per heavy atom. The van der Waals surface area contributed by atoms with E-state index in [4.69, 9.17) is 0 Å². The molecule has 18 heavy (non-hydrogen) atoms. The van der Waals surface area contributed by atoms with Crippen LogP contribution in [0.25, 0.3) is 11.0 Å². The van der Waals surface area contributed by atoms with Gasteiger partial charge >= 0.3 is 5.69 Å². The van der Waals surface area contributed by atoms with Crippen LogP contribution in [0.5, 0.6) is 5.75 Å². The van der Waals surface area contributed by atoms with Gasteiger partial charge in [-0.2, -0.15) is 0 Å². The summed E-state index contributed by atoms with van der Waals surface area (Å²) in [6.07, 6.45) is 0.435. The van der Waals surface area contributed by atoms with Gasteiger partial charge in [0.1, 0.15) is 5.75 Å². The van der Waals surface area contributed by atoms with Gasteiger partial charge in [0.2, 0.25) is 0 Å². The molecule has 0 radical (unpaired) electrons. The summed E-state index contributed by atoms with van der Waals surface area (Å²) in [5.74, 6) is 0.140. The molecule has 96 valence electrons. The van der Waals surface area contributed by atoms with E-state index in [1.165, 1.54) is 16.7 Å². The third-order valence-electron chi connectivity index (χ3n) is 3.27. The second-order valence-electron chi connectivity index (χ2n) is 4.56. The zero-order chi connectivity index (χ0) is 12.9. The molecule has 1 saturated heterocycles. The minimum absolute atomic E-state index is 0.0183. The van der Waals surface area contributed by atoms with Crippen molar-refractivity contribution in [2.24, 2.45) is 0 Å². The number of nitrogens with one attached hydrogen (secondary N) is 1. The number of imidazole rings is 1. The normalized spacial score (nSPS) is 22.6. The number of fused-ring (bicyclic) bond motifs is 1. The molecule has 1 aliphatic heterocycles. The molecular weight excluding hydrogens is 256 g/mol. The number of benzene rings is 1. The lowest BCUT2D eigenvalue weighted by atomic mass is 10.2. The van der Waals surface area contributed by atoms with Crippen molar-refractivity contribution in [1.29, 1.82) is 0 Å². The van der Waals surface area contributed by atoms with Gasteiger partial charge < -0.3 is 10.1 Å². The molecule has 1 aromatic carbocycles. The Balaban J connectivity index is 2.20. The van der Waals surface area contributed by atoms with Crippen LogP contribution in [0.3, 0.4) is 0 Å². The average molecular weight is 268 g/mol. The van der Waals surface area contributed by atoms with Gasteiger partial charge in [-0.1, -0.05) is 0 Å². The van der Waals surface area contributed by atoms with Crippen molar-refractivity contribution in [3.63, 3.8) is 0 Å². The van der Waals surface area contributed by atoms with Crippen LogP contribution in [0, 0.1) is 0 Å². The van der Waals surface area contributed by atoms with Crippen LogP contribution in [0.4, 0.5) is 0 Å². The Labute approximate surface area is 103 Å². The van der Waals surface area contributed by atoms with E-state index in [1.807, 2.05) is 0 Å². The predicted octanol–water partition coefficient (Wildman–Crippen LogP) is 0.395. The van der Waals surface area contributed by atoms with Gasteiger partial charge in [-0.05, 0) is 18.6 Å². The van der Waals surface area contributed by atoms with Crippen LogP contribution in [0.15, 0.2) is 23.0 Å². The summed E-state index contributed by atoms with van der Waals surface area (Å²) in [6, 6.07) is 4.20. The number of hydrogen-bond acceptors (Lipinski definition) is 4. The Kier molecular flexibility index (Phi) is 2.28. The quantitative estimate of drug-likeness (QED) is 0.782. The van der Waals surface area contributed by atoms with Crippen LogP contribution in [0.2, 0.25) is 0 Å². The van der Waals surface area contributed by atoms with E-state index in [0.29, 0.717) is 17.5 Å². The first kappa shape index (κ1) is 11.3. The minimum atomic E-state index is -3.05. The third-order valence-corrected chi connectivity index (χ3v) is 5.03. The molecule has 1 unspecified atom stereocenters. The number of rotatable bonds is 1. The summed E-state index contributed by atoms with van der Waals surface area (Å²) in [5, 5.41) is 9.46. The SMILES string of the molecule is O=c1[nH]c2ccc(O)cc2n1C1CCS(=O)(=O)C1. The summed E-state index contributed by atoms with van der Waals surface area (Å²) in [6.45, 7) is 0. The maximum atomic E-state index is 11.9. The van der Waals surface area contributed by atoms with Crippen LogP contribution in [-0.4, -0.2) is 34.6 Å². The average Bonchev–Trinajstić information content (AvgIpc) is 2.77. The fourth-order valence-electron chi connectivity index (χ4n) is 2.45. The van der Waals surface area contributed by atoms with E-state index in [-0.39, 0.29) is 29.0 Å². The van der Waals surface area contributed by atoms with Crippen LogP contribution in [0.1, 0.15) is 12.5 Å². The van der Waals surface area contributed by atoms with E-state index >= 15 is 0 Å². The molecule has 1 fully saturated rings. The molecule has 2 heterocycles. The first-order chi connectivity index (χ1) is 8.46. The van der Waals surface area contributed by atoms with E-state index < -0.39 is 9.84 Å². The molecule has 3 rings (SSSR count). The molecular formula is C11H12N2O4S. The van der Waals surface area contributed by atoms with Gasteiger partial charge in [-0.3, -0.25) is 4.57 Å². The second kappa shape index (κ2) is 3.61. The number of sulfone groups is 1. The molecule has 0 saturated carbocycles. The summed E-state index contributed by atoms with van der Waals surface area (Å²) in [5.41, 5.74) is 0.807. The number of H-pyrrole nitrogens is 1. The smallest absolute Gasteiger partial charge is 0.326 e. The van der Waals surface area contributed by atoms with E-state index in [1.54, 1.807) is 6.07 Å². The molecule has 0 spiro atoms. The monoisotopic (exact) mass is 268 g/mol. The van der Waals surface area contributed by atoms with E-state index in [2.05, 4.69) is 4.98 Å². The number of aromatic amines is 1. The summed E-state index contributed by atoms with van der Waals surface area (Å²) in [4.78, 5) is 14.5. The van der Waals surface area contributed by atoms with Gasteiger partial charge in [0, 0.05) is 6.07 Å². The highest BCUT2D eigenvalue weighted by atomic mass is 32.2. The number of aromatic nitrogens is 2. The van der Waals surface area contributed by atoms with Gasteiger partial charge in [-0.15, -0.1) is 0 Å². The number of phenols is 1. The molecule has 1 aromatic heterocycles. The number of hydrogen-bond donors (Lipinski definition) is 2. The number of phenolic OH excluding ortho intramolecular Hbond substituents is 1. The lowest BCUT2D eigenvalue weighted by Crippen LogP contribution is -2.23. The fourth-order valence-corrected chi connectivity index (χ4v) is 4.15. The van der Waals surface area contributed by atoms with E-state index in [9.17, 15) is 18.3 Å². The van der Waals surface area contributed by atoms with Gasteiger partial charge in [-0.25, -0.2) is 13.2 Å². The van der Waals surface area contributed by atoms with Gasteiger partial charge in [0.25, 0.3) is 0 Å². The van der Waals surface area contributed by atoms with Gasteiger partial charge in [0.05, 0.1) is 28.6 Å². The van der Waals surface area contributed by atoms with Crippen LogP contribution >= 0.6 is 0 Å². The molecule has 2 aromatic rings. The van der Waals surface area contributed by atoms with Crippen molar-refractivity contribution in [3.8, 4) is 5.75 Å². The maximum Gasteiger partial charge on any atom is 0.326 e. The van der Waals surface area contributed by atoms with Crippen LogP contribution in [-0.2, 0) is 9.84 Å². The first-order valence-electron chi connectivity index (χ1n) is 5.60. The van der Waals surface area contributed by atoms with Gasteiger partial charge in [0.15, 0.2) is 9.84 Å². The Morgan fingerprint density at radius 2 is 2.17 bits per heavy atom. The first-order valence-corrected chi connectivity index (χ1v) is 7.42. The number of nitrogens with zero attached hydrogens (tertiary/aromatic N) is 1. The molecule has 0 aliphatic carbocycles. The summed E-state index contributed by atoms with van der Waals surface area (Å²) >= 11 is 0. The Hall–Kier alpha value is -1.76. The lowest BCUT2D eigenvalue weighted by molar-refractivity contribution is 0.475. The topological polar surface area (TPSA) is 92.2 Å². The maximum absolute atomic E-state index is 11.9. The molecule has 2 N–H and O–H groups in total. The molecule has 6 nitrogen and oxygen atoms in total.